The van der Waals surface area contributed by atoms with Crippen LogP contribution < -0.4 is 4.74 Å². The zero-order chi connectivity index (χ0) is 13.8. The number of nitriles is 1. The first-order valence-corrected chi connectivity index (χ1v) is 6.53. The van der Waals surface area contributed by atoms with Gasteiger partial charge in [-0.25, -0.2) is 0 Å². The summed E-state index contributed by atoms with van der Waals surface area (Å²) in [7, 11) is 1.65. The van der Waals surface area contributed by atoms with Crippen LogP contribution in [-0.2, 0) is 0 Å². The molecule has 0 saturated heterocycles. The molecule has 0 aliphatic rings. The molecule has 1 atom stereocenters. The minimum absolute atomic E-state index is 0.226. The lowest BCUT2D eigenvalue weighted by atomic mass is 10.1. The topological polar surface area (TPSA) is 52.0 Å². The molecule has 0 saturated carbocycles. The summed E-state index contributed by atoms with van der Waals surface area (Å²) in [5.41, 5.74) is 2.04. The van der Waals surface area contributed by atoms with Crippen LogP contribution in [0.2, 0.25) is 0 Å². The number of nitrogens with zero attached hydrogens (tertiary/aromatic N) is 2. The largest absolute Gasteiger partial charge is 0.497 e. The van der Waals surface area contributed by atoms with E-state index in [1.165, 1.54) is 0 Å². The second kappa shape index (κ2) is 5.77. The number of aromatic nitrogens is 1. The van der Waals surface area contributed by atoms with Gasteiger partial charge in [0.2, 0.25) is 0 Å². The van der Waals surface area contributed by atoms with Crippen LogP contribution in [0, 0.1) is 11.3 Å². The van der Waals surface area contributed by atoms with Crippen LogP contribution in [-0.4, -0.2) is 30.1 Å². The molecule has 1 unspecified atom stereocenters. The smallest absolute Gasteiger partial charge is 0.125 e. The lowest BCUT2D eigenvalue weighted by Gasteiger charge is -2.23. The number of aromatic amines is 1. The first-order valence-electron chi connectivity index (χ1n) is 6.53. The normalized spacial score (nSPS) is 12.6. The molecule has 0 aliphatic carbocycles. The lowest BCUT2D eigenvalue weighted by molar-refractivity contribution is 0.263. The van der Waals surface area contributed by atoms with Gasteiger partial charge in [-0.3, -0.25) is 4.90 Å². The van der Waals surface area contributed by atoms with E-state index in [0.29, 0.717) is 0 Å². The maximum absolute atomic E-state index is 9.48. The van der Waals surface area contributed by atoms with Gasteiger partial charge in [-0.15, -0.1) is 0 Å². The molecule has 0 aliphatic heterocycles. The molecule has 1 N–H and O–H groups in total. The number of fused-ring (bicyclic) bond motifs is 1. The van der Waals surface area contributed by atoms with Gasteiger partial charge in [0.15, 0.2) is 0 Å². The van der Waals surface area contributed by atoms with Crippen LogP contribution in [0.25, 0.3) is 10.9 Å². The third-order valence-electron chi connectivity index (χ3n) is 3.52. The van der Waals surface area contributed by atoms with Gasteiger partial charge in [0.05, 0.1) is 13.2 Å². The molecule has 4 nitrogen and oxygen atoms in total. The van der Waals surface area contributed by atoms with E-state index in [1.807, 2.05) is 24.4 Å². The first-order chi connectivity index (χ1) is 9.24. The summed E-state index contributed by atoms with van der Waals surface area (Å²) in [5, 5.41) is 10.5. The summed E-state index contributed by atoms with van der Waals surface area (Å²) < 4.78 is 5.26. The van der Waals surface area contributed by atoms with Gasteiger partial charge >= 0.3 is 0 Å². The maximum Gasteiger partial charge on any atom is 0.125 e. The van der Waals surface area contributed by atoms with Crippen molar-refractivity contribution in [3.8, 4) is 11.8 Å². The molecule has 1 aromatic heterocycles. The fraction of sp³-hybridized carbons (Fsp3) is 0.400. The van der Waals surface area contributed by atoms with Gasteiger partial charge in [-0.1, -0.05) is 13.8 Å². The molecule has 0 spiro atoms. The van der Waals surface area contributed by atoms with Gasteiger partial charge in [0.25, 0.3) is 0 Å². The summed E-state index contributed by atoms with van der Waals surface area (Å²) >= 11 is 0. The Labute approximate surface area is 113 Å². The van der Waals surface area contributed by atoms with Crippen LogP contribution >= 0.6 is 0 Å². The number of nitrogens with one attached hydrogen (secondary N) is 1. The van der Waals surface area contributed by atoms with E-state index in [9.17, 15) is 5.26 Å². The molecule has 0 radical (unpaired) electrons. The highest BCUT2D eigenvalue weighted by molar-refractivity contribution is 5.85. The van der Waals surface area contributed by atoms with Crippen LogP contribution in [0.4, 0.5) is 0 Å². The molecule has 2 rings (SSSR count). The Morgan fingerprint density at radius 3 is 2.68 bits per heavy atom. The second-order valence-electron chi connectivity index (χ2n) is 4.41. The van der Waals surface area contributed by atoms with Gasteiger partial charge in [-0.2, -0.15) is 5.26 Å². The molecule has 1 aromatic carbocycles. The summed E-state index contributed by atoms with van der Waals surface area (Å²) in [4.78, 5) is 5.36. The highest BCUT2D eigenvalue weighted by Gasteiger charge is 2.20. The zero-order valence-corrected chi connectivity index (χ0v) is 11.6. The average Bonchev–Trinajstić information content (AvgIpc) is 2.87. The summed E-state index contributed by atoms with van der Waals surface area (Å²) in [6.45, 7) is 5.85. The van der Waals surface area contributed by atoms with Crippen LogP contribution in [0.5, 0.6) is 5.75 Å². The SMILES string of the molecule is CCN(CC)C(C#N)c1c[nH]c2ccc(OC)cc12. The van der Waals surface area contributed by atoms with E-state index in [2.05, 4.69) is 29.8 Å². The van der Waals surface area contributed by atoms with Gasteiger partial charge in [0, 0.05) is 22.7 Å². The van der Waals surface area contributed by atoms with Crippen molar-refractivity contribution in [3.63, 3.8) is 0 Å². The van der Waals surface area contributed by atoms with Crippen molar-refractivity contribution < 1.29 is 4.74 Å². The van der Waals surface area contributed by atoms with Crippen LogP contribution in [0.1, 0.15) is 25.5 Å². The summed E-state index contributed by atoms with van der Waals surface area (Å²) in [5.74, 6) is 0.810. The van der Waals surface area contributed by atoms with Crippen molar-refractivity contribution in [2.45, 2.75) is 19.9 Å². The van der Waals surface area contributed by atoms with E-state index in [1.54, 1.807) is 7.11 Å². The van der Waals surface area contributed by atoms with Crippen LogP contribution in [0.15, 0.2) is 24.4 Å². The molecule has 1 heterocycles. The quantitative estimate of drug-likeness (QED) is 0.895. The minimum Gasteiger partial charge on any atom is -0.497 e. The van der Waals surface area contributed by atoms with E-state index in [4.69, 9.17) is 4.74 Å². The van der Waals surface area contributed by atoms with E-state index >= 15 is 0 Å². The Bertz CT molecular complexity index is 593. The van der Waals surface area contributed by atoms with E-state index in [0.717, 1.165) is 35.3 Å². The number of methoxy groups -OCH3 is 1. The fourth-order valence-corrected chi connectivity index (χ4v) is 2.41. The standard InChI is InChI=1S/C15H19N3O/c1-4-18(5-2)15(9-16)13-10-17-14-7-6-11(19-3)8-12(13)14/h6-8,10,15,17H,4-5H2,1-3H3. The van der Waals surface area contributed by atoms with Gasteiger partial charge in [0.1, 0.15) is 11.8 Å². The lowest BCUT2D eigenvalue weighted by Crippen LogP contribution is -2.27. The second-order valence-corrected chi connectivity index (χ2v) is 4.41. The summed E-state index contributed by atoms with van der Waals surface area (Å²) in [6.07, 6.45) is 1.93. The Morgan fingerprint density at radius 2 is 2.11 bits per heavy atom. The fourth-order valence-electron chi connectivity index (χ4n) is 2.41. The molecule has 0 fully saturated rings. The van der Waals surface area contributed by atoms with E-state index < -0.39 is 0 Å². The molecule has 4 heteroatoms. The van der Waals surface area contributed by atoms with Crippen molar-refractivity contribution in [1.29, 1.82) is 5.26 Å². The highest BCUT2D eigenvalue weighted by Crippen LogP contribution is 2.30. The molecule has 0 bridgehead atoms. The Balaban J connectivity index is 2.51. The molecule has 2 aromatic rings. The number of benzene rings is 1. The van der Waals surface area contributed by atoms with Crippen molar-refractivity contribution in [2.75, 3.05) is 20.2 Å². The van der Waals surface area contributed by atoms with E-state index in [-0.39, 0.29) is 6.04 Å². The molecule has 100 valence electrons. The zero-order valence-electron chi connectivity index (χ0n) is 11.6. The van der Waals surface area contributed by atoms with Crippen LogP contribution in [0.3, 0.4) is 0 Å². The first kappa shape index (κ1) is 13.4. The highest BCUT2D eigenvalue weighted by atomic mass is 16.5. The predicted octanol–water partition coefficient (Wildman–Crippen LogP) is 3.08. The number of hydrogen-bond acceptors (Lipinski definition) is 3. The molecule has 0 amide bonds. The predicted molar refractivity (Wildman–Crippen MR) is 76.1 cm³/mol. The Kier molecular flexibility index (Phi) is 4.08. The van der Waals surface area contributed by atoms with Gasteiger partial charge < -0.3 is 9.72 Å². The molecular formula is C15H19N3O. The molecule has 19 heavy (non-hydrogen) atoms. The number of ether oxygens (including phenoxy) is 1. The monoisotopic (exact) mass is 257 g/mol. The third kappa shape index (κ3) is 2.42. The number of H-pyrrole nitrogens is 1. The van der Waals surface area contributed by atoms with Gasteiger partial charge in [-0.05, 0) is 31.3 Å². The summed E-state index contributed by atoms with van der Waals surface area (Å²) in [6, 6.07) is 8.05. The van der Waals surface area contributed by atoms with Crippen molar-refractivity contribution in [1.82, 2.24) is 9.88 Å². The Hall–Kier alpha value is -1.99. The minimum atomic E-state index is -0.226. The molecular weight excluding hydrogens is 238 g/mol. The number of rotatable bonds is 5. The maximum atomic E-state index is 9.48. The third-order valence-corrected chi connectivity index (χ3v) is 3.52. The number of hydrogen-bond donors (Lipinski definition) is 1. The average molecular weight is 257 g/mol. The Morgan fingerprint density at radius 1 is 1.37 bits per heavy atom. The van der Waals surface area contributed by atoms with Crippen molar-refractivity contribution >= 4 is 10.9 Å². The van der Waals surface area contributed by atoms with Crippen molar-refractivity contribution in [2.24, 2.45) is 0 Å². The van der Waals surface area contributed by atoms with Crippen molar-refractivity contribution in [3.05, 3.63) is 30.0 Å².